The molecular weight excluding hydrogens is 454 g/mol. The van der Waals surface area contributed by atoms with Crippen molar-refractivity contribution in [3.8, 4) is 10.6 Å². The summed E-state index contributed by atoms with van der Waals surface area (Å²) >= 11 is 7.76. The average Bonchev–Trinajstić information content (AvgIpc) is 3.29. The zero-order valence-electron chi connectivity index (χ0n) is 16.9. The lowest BCUT2D eigenvalue weighted by Gasteiger charge is -2.30. The quantitative estimate of drug-likeness (QED) is 0.554. The molecule has 31 heavy (non-hydrogen) atoms. The number of piperidine rings is 1. The van der Waals surface area contributed by atoms with Crippen LogP contribution in [0.1, 0.15) is 30.1 Å². The van der Waals surface area contributed by atoms with E-state index in [2.05, 4.69) is 10.3 Å². The van der Waals surface area contributed by atoms with Crippen molar-refractivity contribution >= 4 is 44.6 Å². The smallest absolute Gasteiger partial charge is 0.255 e. The minimum atomic E-state index is -3.77. The maximum atomic E-state index is 13.1. The number of carbonyl (C=O) groups is 1. The minimum Gasteiger partial charge on any atom is -0.322 e. The standard InChI is InChI=1S/C22H22ClN3O3S2/c1-15-3-2-11-26(14-15)31(28,29)20-13-17(6-9-19(20)23)21(27)25-18-7-4-16(5-8-18)22-24-10-12-30-22/h4-10,12-13,15H,2-3,11,14H2,1H3,(H,25,27). The number of halogens is 1. The number of amides is 1. The van der Waals surface area contributed by atoms with Crippen LogP contribution in [0.3, 0.4) is 0 Å². The summed E-state index contributed by atoms with van der Waals surface area (Å²) in [6, 6.07) is 11.7. The molecule has 1 N–H and O–H groups in total. The van der Waals surface area contributed by atoms with Crippen LogP contribution < -0.4 is 5.32 Å². The predicted octanol–water partition coefficient (Wildman–Crippen LogP) is 5.14. The van der Waals surface area contributed by atoms with E-state index in [1.165, 1.54) is 33.8 Å². The van der Waals surface area contributed by atoms with Gasteiger partial charge in [-0.2, -0.15) is 4.31 Å². The van der Waals surface area contributed by atoms with Gasteiger partial charge in [-0.15, -0.1) is 11.3 Å². The maximum absolute atomic E-state index is 13.1. The maximum Gasteiger partial charge on any atom is 0.255 e. The van der Waals surface area contributed by atoms with Crippen LogP contribution in [0.2, 0.25) is 5.02 Å². The van der Waals surface area contributed by atoms with Crippen LogP contribution in [0.15, 0.2) is 58.9 Å². The zero-order valence-corrected chi connectivity index (χ0v) is 19.3. The third-order valence-corrected chi connectivity index (χ3v) is 8.42. The normalized spacial score (nSPS) is 17.4. The number of hydrogen-bond donors (Lipinski definition) is 1. The van der Waals surface area contributed by atoms with E-state index in [1.54, 1.807) is 18.3 Å². The molecule has 1 aromatic heterocycles. The molecule has 0 saturated carbocycles. The summed E-state index contributed by atoms with van der Waals surface area (Å²) < 4.78 is 27.7. The molecule has 6 nitrogen and oxygen atoms in total. The Morgan fingerprint density at radius 3 is 2.68 bits per heavy atom. The second-order valence-electron chi connectivity index (χ2n) is 7.62. The number of rotatable bonds is 5. The predicted molar refractivity (Wildman–Crippen MR) is 124 cm³/mol. The number of nitrogens with one attached hydrogen (secondary N) is 1. The number of aromatic nitrogens is 1. The molecule has 1 aliphatic rings. The van der Waals surface area contributed by atoms with Crippen molar-refractivity contribution in [1.29, 1.82) is 0 Å². The highest BCUT2D eigenvalue weighted by Crippen LogP contribution is 2.29. The second-order valence-corrected chi connectivity index (χ2v) is 10.8. The van der Waals surface area contributed by atoms with Crippen molar-refractivity contribution in [1.82, 2.24) is 9.29 Å². The molecule has 1 fully saturated rings. The summed E-state index contributed by atoms with van der Waals surface area (Å²) in [7, 11) is -3.77. The van der Waals surface area contributed by atoms with E-state index in [0.29, 0.717) is 24.7 Å². The van der Waals surface area contributed by atoms with E-state index >= 15 is 0 Å². The monoisotopic (exact) mass is 475 g/mol. The lowest BCUT2D eigenvalue weighted by Crippen LogP contribution is -2.39. The summed E-state index contributed by atoms with van der Waals surface area (Å²) in [5.41, 5.74) is 1.80. The van der Waals surface area contributed by atoms with E-state index in [1.807, 2.05) is 24.4 Å². The molecule has 2 heterocycles. The third kappa shape index (κ3) is 4.82. The molecule has 0 bridgehead atoms. The van der Waals surface area contributed by atoms with Crippen molar-refractivity contribution < 1.29 is 13.2 Å². The molecular formula is C22H22ClN3O3S2. The lowest BCUT2D eigenvalue weighted by atomic mass is 10.0. The van der Waals surface area contributed by atoms with Gasteiger partial charge in [0.15, 0.2) is 0 Å². The molecule has 1 saturated heterocycles. The van der Waals surface area contributed by atoms with E-state index in [0.717, 1.165) is 23.4 Å². The first kappa shape index (κ1) is 22.0. The fraction of sp³-hybridized carbons (Fsp3) is 0.273. The first-order valence-electron chi connectivity index (χ1n) is 9.95. The van der Waals surface area contributed by atoms with Crippen molar-refractivity contribution in [2.75, 3.05) is 18.4 Å². The summed E-state index contributed by atoms with van der Waals surface area (Å²) in [5.74, 6) is -0.108. The molecule has 1 aliphatic heterocycles. The van der Waals surface area contributed by atoms with Gasteiger partial charge in [-0.3, -0.25) is 4.79 Å². The summed E-state index contributed by atoms with van der Waals surface area (Å²) in [5, 5.41) is 5.73. The third-order valence-electron chi connectivity index (χ3n) is 5.25. The molecule has 4 rings (SSSR count). The topological polar surface area (TPSA) is 79.4 Å². The molecule has 0 spiro atoms. The first-order chi connectivity index (χ1) is 14.8. The molecule has 1 atom stereocenters. The Morgan fingerprint density at radius 2 is 2.00 bits per heavy atom. The Bertz CT molecular complexity index is 1180. The van der Waals surface area contributed by atoms with E-state index in [9.17, 15) is 13.2 Å². The highest BCUT2D eigenvalue weighted by atomic mass is 35.5. The van der Waals surface area contributed by atoms with Gasteiger partial charge in [-0.25, -0.2) is 13.4 Å². The van der Waals surface area contributed by atoms with Gasteiger partial charge in [-0.1, -0.05) is 18.5 Å². The van der Waals surface area contributed by atoms with Gasteiger partial charge >= 0.3 is 0 Å². The van der Waals surface area contributed by atoms with Crippen molar-refractivity contribution in [3.63, 3.8) is 0 Å². The minimum absolute atomic E-state index is 0.0324. The Hall–Kier alpha value is -2.26. The Balaban J connectivity index is 1.54. The van der Waals surface area contributed by atoms with Gasteiger partial charge in [-0.05, 0) is 61.2 Å². The SMILES string of the molecule is CC1CCCN(S(=O)(=O)c2cc(C(=O)Nc3ccc(-c4nccs4)cc3)ccc2Cl)C1. The van der Waals surface area contributed by atoms with Crippen LogP contribution in [0.5, 0.6) is 0 Å². The highest BCUT2D eigenvalue weighted by molar-refractivity contribution is 7.89. The molecule has 0 radical (unpaired) electrons. The van der Waals surface area contributed by atoms with Crippen LogP contribution in [0.4, 0.5) is 5.69 Å². The number of benzene rings is 2. The summed E-state index contributed by atoms with van der Waals surface area (Å²) in [4.78, 5) is 17.0. The van der Waals surface area contributed by atoms with Gasteiger partial charge in [0.05, 0.1) is 5.02 Å². The van der Waals surface area contributed by atoms with Gasteiger partial charge in [0.2, 0.25) is 10.0 Å². The van der Waals surface area contributed by atoms with Gasteiger partial charge < -0.3 is 5.32 Å². The van der Waals surface area contributed by atoms with E-state index in [-0.39, 0.29) is 15.5 Å². The molecule has 3 aromatic rings. The second kappa shape index (κ2) is 9.08. The zero-order chi connectivity index (χ0) is 22.0. The molecule has 9 heteroatoms. The van der Waals surface area contributed by atoms with Gasteiger partial charge in [0.25, 0.3) is 5.91 Å². The van der Waals surface area contributed by atoms with Gasteiger partial charge in [0.1, 0.15) is 9.90 Å². The van der Waals surface area contributed by atoms with Crippen LogP contribution in [0, 0.1) is 5.92 Å². The fourth-order valence-electron chi connectivity index (χ4n) is 3.61. The first-order valence-corrected chi connectivity index (χ1v) is 12.7. The molecule has 2 aromatic carbocycles. The molecule has 162 valence electrons. The fourth-order valence-corrected chi connectivity index (χ4v) is 6.35. The molecule has 0 aliphatic carbocycles. The Morgan fingerprint density at radius 1 is 1.23 bits per heavy atom. The van der Waals surface area contributed by atoms with Crippen molar-refractivity contribution in [2.24, 2.45) is 5.92 Å². The Labute approximate surface area is 190 Å². The van der Waals surface area contributed by atoms with Crippen LogP contribution >= 0.6 is 22.9 Å². The van der Waals surface area contributed by atoms with Gasteiger partial charge in [0, 0.05) is 41.5 Å². The lowest BCUT2D eigenvalue weighted by molar-refractivity contribution is 0.102. The van der Waals surface area contributed by atoms with Crippen molar-refractivity contribution in [3.05, 3.63) is 64.6 Å². The number of nitrogens with zero attached hydrogens (tertiary/aromatic N) is 2. The van der Waals surface area contributed by atoms with E-state index in [4.69, 9.17) is 11.6 Å². The van der Waals surface area contributed by atoms with Crippen LogP contribution in [-0.4, -0.2) is 36.7 Å². The number of thiazole rings is 1. The number of sulfonamides is 1. The number of hydrogen-bond acceptors (Lipinski definition) is 5. The number of anilines is 1. The average molecular weight is 476 g/mol. The van der Waals surface area contributed by atoms with Crippen molar-refractivity contribution in [2.45, 2.75) is 24.7 Å². The van der Waals surface area contributed by atoms with Crippen LogP contribution in [-0.2, 0) is 10.0 Å². The van der Waals surface area contributed by atoms with Crippen LogP contribution in [0.25, 0.3) is 10.6 Å². The summed E-state index contributed by atoms with van der Waals surface area (Å²) in [6.07, 6.45) is 3.56. The highest BCUT2D eigenvalue weighted by Gasteiger charge is 2.31. The van der Waals surface area contributed by atoms with E-state index < -0.39 is 15.9 Å². The molecule has 1 unspecified atom stereocenters. The molecule has 1 amide bonds. The largest absolute Gasteiger partial charge is 0.322 e. The Kier molecular flexibility index (Phi) is 6.43. The number of carbonyl (C=O) groups excluding carboxylic acids is 1. The summed E-state index contributed by atoms with van der Waals surface area (Å²) in [6.45, 7) is 2.96.